The topological polar surface area (TPSA) is 47.0 Å². The molecule has 1 N–H and O–H groups in total. The lowest BCUT2D eigenvalue weighted by atomic mass is 9.96. The van der Waals surface area contributed by atoms with E-state index in [0.717, 1.165) is 52.1 Å². The van der Waals surface area contributed by atoms with Crippen LogP contribution in [0.4, 0.5) is 5.69 Å². The van der Waals surface area contributed by atoms with E-state index in [1.165, 1.54) is 5.69 Å². The first kappa shape index (κ1) is 17.2. The number of benzene rings is 1. The van der Waals surface area contributed by atoms with Crippen LogP contribution in [-0.2, 0) is 4.79 Å². The molecular weight excluding hydrogens is 302 g/mol. The maximum atomic E-state index is 12.8. The van der Waals surface area contributed by atoms with Crippen molar-refractivity contribution in [1.29, 1.82) is 0 Å². The van der Waals surface area contributed by atoms with Gasteiger partial charge in [0.1, 0.15) is 0 Å². The zero-order valence-corrected chi connectivity index (χ0v) is 14.6. The number of likely N-dealkylation sites (tertiary alicyclic amines) is 1. The summed E-state index contributed by atoms with van der Waals surface area (Å²) in [7, 11) is 0. The number of piperazine rings is 1. The molecule has 5 heteroatoms. The molecular formula is C19H29N3O2. The predicted molar refractivity (Wildman–Crippen MR) is 96.1 cm³/mol. The Morgan fingerprint density at radius 3 is 2.29 bits per heavy atom. The smallest absolute Gasteiger partial charge is 0.239 e. The second kappa shape index (κ2) is 7.99. The van der Waals surface area contributed by atoms with Crippen LogP contribution in [0, 0.1) is 5.92 Å². The molecule has 132 valence electrons. The van der Waals surface area contributed by atoms with E-state index in [1.807, 2.05) is 17.9 Å². The number of carbonyl (C=O) groups excluding carboxylic acids is 1. The zero-order valence-electron chi connectivity index (χ0n) is 14.6. The van der Waals surface area contributed by atoms with Gasteiger partial charge in [0.2, 0.25) is 5.91 Å². The van der Waals surface area contributed by atoms with E-state index in [-0.39, 0.29) is 18.6 Å². The number of piperidine rings is 1. The Labute approximate surface area is 144 Å². The number of carbonyl (C=O) groups is 1. The van der Waals surface area contributed by atoms with Gasteiger partial charge in [-0.05, 0) is 50.9 Å². The van der Waals surface area contributed by atoms with E-state index in [1.54, 1.807) is 0 Å². The van der Waals surface area contributed by atoms with Gasteiger partial charge in [-0.2, -0.15) is 0 Å². The third-order valence-corrected chi connectivity index (χ3v) is 5.53. The molecule has 2 heterocycles. The molecule has 1 atom stereocenters. The minimum Gasteiger partial charge on any atom is -0.396 e. The molecule has 1 amide bonds. The Morgan fingerprint density at radius 2 is 1.71 bits per heavy atom. The Kier molecular flexibility index (Phi) is 5.74. The number of para-hydroxylation sites is 1. The van der Waals surface area contributed by atoms with Crippen LogP contribution in [0.5, 0.6) is 0 Å². The quantitative estimate of drug-likeness (QED) is 0.907. The Balaban J connectivity index is 1.50. The summed E-state index contributed by atoms with van der Waals surface area (Å²) in [6.45, 7) is 7.54. The van der Waals surface area contributed by atoms with Gasteiger partial charge in [-0.15, -0.1) is 0 Å². The molecule has 2 saturated heterocycles. The molecule has 0 spiro atoms. The van der Waals surface area contributed by atoms with Gasteiger partial charge < -0.3 is 14.9 Å². The number of rotatable bonds is 4. The van der Waals surface area contributed by atoms with Crippen LogP contribution >= 0.6 is 0 Å². The lowest BCUT2D eigenvalue weighted by Gasteiger charge is -2.40. The molecule has 0 aliphatic carbocycles. The van der Waals surface area contributed by atoms with E-state index in [2.05, 4.69) is 34.1 Å². The van der Waals surface area contributed by atoms with Gasteiger partial charge in [0.25, 0.3) is 0 Å². The number of aliphatic hydroxyl groups is 1. The molecule has 2 aliphatic rings. The van der Waals surface area contributed by atoms with Crippen LogP contribution in [0.25, 0.3) is 0 Å². The van der Waals surface area contributed by atoms with Crippen molar-refractivity contribution in [3.63, 3.8) is 0 Å². The first-order chi connectivity index (χ1) is 11.7. The van der Waals surface area contributed by atoms with Crippen LogP contribution in [0.2, 0.25) is 0 Å². The fraction of sp³-hybridized carbons (Fsp3) is 0.632. The first-order valence-corrected chi connectivity index (χ1v) is 9.12. The zero-order chi connectivity index (χ0) is 16.9. The molecule has 24 heavy (non-hydrogen) atoms. The number of aliphatic hydroxyl groups excluding tert-OH is 1. The average Bonchev–Trinajstić information content (AvgIpc) is 2.68. The summed E-state index contributed by atoms with van der Waals surface area (Å²) in [6.07, 6.45) is 1.99. The summed E-state index contributed by atoms with van der Waals surface area (Å²) in [5, 5.41) is 9.25. The van der Waals surface area contributed by atoms with Gasteiger partial charge in [0.05, 0.1) is 6.04 Å². The highest BCUT2D eigenvalue weighted by atomic mass is 16.3. The molecule has 2 aliphatic heterocycles. The van der Waals surface area contributed by atoms with Crippen molar-refractivity contribution >= 4 is 11.6 Å². The van der Waals surface area contributed by atoms with Gasteiger partial charge in [0, 0.05) is 38.5 Å². The fourth-order valence-corrected chi connectivity index (χ4v) is 3.77. The van der Waals surface area contributed by atoms with E-state index in [4.69, 9.17) is 0 Å². The summed E-state index contributed by atoms with van der Waals surface area (Å²) in [5.74, 6) is 0.670. The molecule has 0 saturated carbocycles. The van der Waals surface area contributed by atoms with Crippen molar-refractivity contribution in [1.82, 2.24) is 9.80 Å². The molecule has 3 rings (SSSR count). The largest absolute Gasteiger partial charge is 0.396 e. The molecule has 5 nitrogen and oxygen atoms in total. The second-order valence-corrected chi connectivity index (χ2v) is 6.99. The summed E-state index contributed by atoms with van der Waals surface area (Å²) in [6, 6.07) is 10.4. The number of hydrogen-bond acceptors (Lipinski definition) is 4. The molecule has 2 fully saturated rings. The van der Waals surface area contributed by atoms with Gasteiger partial charge >= 0.3 is 0 Å². The second-order valence-electron chi connectivity index (χ2n) is 6.99. The van der Waals surface area contributed by atoms with Gasteiger partial charge in [0.15, 0.2) is 0 Å². The standard InChI is InChI=1S/C19H29N3O2/c1-16(20-9-7-17(15-23)8-10-20)19(24)22-13-11-21(12-14-22)18-5-3-2-4-6-18/h2-6,16-17,23H,7-15H2,1H3. The number of amides is 1. The van der Waals surface area contributed by atoms with Crippen LogP contribution in [0.3, 0.4) is 0 Å². The average molecular weight is 331 g/mol. The fourth-order valence-electron chi connectivity index (χ4n) is 3.77. The van der Waals surface area contributed by atoms with Crippen LogP contribution in [-0.4, -0.2) is 72.7 Å². The third kappa shape index (κ3) is 3.90. The highest BCUT2D eigenvalue weighted by molar-refractivity contribution is 5.81. The van der Waals surface area contributed by atoms with Crippen molar-refractivity contribution in [3.8, 4) is 0 Å². The van der Waals surface area contributed by atoms with E-state index >= 15 is 0 Å². The van der Waals surface area contributed by atoms with E-state index in [9.17, 15) is 9.90 Å². The van der Waals surface area contributed by atoms with Crippen LogP contribution in [0.15, 0.2) is 30.3 Å². The minimum absolute atomic E-state index is 0.0482. The lowest BCUT2D eigenvalue weighted by molar-refractivity contribution is -0.137. The Hall–Kier alpha value is -1.59. The highest BCUT2D eigenvalue weighted by Crippen LogP contribution is 2.20. The molecule has 0 bridgehead atoms. The Bertz CT molecular complexity index is 521. The van der Waals surface area contributed by atoms with Crippen molar-refractivity contribution in [2.24, 2.45) is 5.92 Å². The molecule has 1 unspecified atom stereocenters. The molecule has 1 aromatic rings. The normalized spacial score (nSPS) is 21.8. The monoisotopic (exact) mass is 331 g/mol. The number of hydrogen-bond donors (Lipinski definition) is 1. The molecule has 1 aromatic carbocycles. The highest BCUT2D eigenvalue weighted by Gasteiger charge is 2.30. The number of anilines is 1. The summed E-state index contributed by atoms with van der Waals surface area (Å²) >= 11 is 0. The van der Waals surface area contributed by atoms with Gasteiger partial charge in [-0.3, -0.25) is 9.69 Å². The molecule has 0 aromatic heterocycles. The van der Waals surface area contributed by atoms with Crippen molar-refractivity contribution in [2.75, 3.05) is 50.8 Å². The molecule has 0 radical (unpaired) electrons. The summed E-state index contributed by atoms with van der Waals surface area (Å²) in [5.41, 5.74) is 1.24. The predicted octanol–water partition coefficient (Wildman–Crippen LogP) is 1.43. The van der Waals surface area contributed by atoms with Crippen LogP contribution in [0.1, 0.15) is 19.8 Å². The van der Waals surface area contributed by atoms with Gasteiger partial charge in [-0.25, -0.2) is 0 Å². The van der Waals surface area contributed by atoms with Gasteiger partial charge in [-0.1, -0.05) is 18.2 Å². The third-order valence-electron chi connectivity index (χ3n) is 5.53. The summed E-state index contributed by atoms with van der Waals surface area (Å²) in [4.78, 5) is 19.4. The maximum absolute atomic E-state index is 12.8. The van der Waals surface area contributed by atoms with E-state index in [0.29, 0.717) is 5.92 Å². The van der Waals surface area contributed by atoms with Crippen molar-refractivity contribution < 1.29 is 9.90 Å². The minimum atomic E-state index is -0.0482. The van der Waals surface area contributed by atoms with Crippen molar-refractivity contribution in [3.05, 3.63) is 30.3 Å². The first-order valence-electron chi connectivity index (χ1n) is 9.12. The van der Waals surface area contributed by atoms with E-state index < -0.39 is 0 Å². The van der Waals surface area contributed by atoms with Crippen molar-refractivity contribution in [2.45, 2.75) is 25.8 Å². The summed E-state index contributed by atoms with van der Waals surface area (Å²) < 4.78 is 0. The SMILES string of the molecule is CC(C(=O)N1CCN(c2ccccc2)CC1)N1CCC(CO)CC1. The lowest BCUT2D eigenvalue weighted by Crippen LogP contribution is -2.55. The number of nitrogens with zero attached hydrogens (tertiary/aromatic N) is 3. The maximum Gasteiger partial charge on any atom is 0.239 e. The van der Waals surface area contributed by atoms with Crippen LogP contribution < -0.4 is 4.90 Å². The Morgan fingerprint density at radius 1 is 1.08 bits per heavy atom.